The summed E-state index contributed by atoms with van der Waals surface area (Å²) in [5.41, 5.74) is 13.2. The topological polar surface area (TPSA) is 162 Å². The highest BCUT2D eigenvalue weighted by molar-refractivity contribution is 5.96. The molecule has 4 aliphatic rings. The Morgan fingerprint density at radius 1 is 1.28 bits per heavy atom. The number of guanidine groups is 2. The molecule has 1 saturated heterocycles. The van der Waals surface area contributed by atoms with Crippen LogP contribution in [0, 0.1) is 0 Å². The summed E-state index contributed by atoms with van der Waals surface area (Å²) < 4.78 is 0. The molecule has 1 spiro atoms. The van der Waals surface area contributed by atoms with Gasteiger partial charge in [-0.05, 0) is 42.9 Å². The molecule has 5 rings (SSSR count). The van der Waals surface area contributed by atoms with Gasteiger partial charge in [0.1, 0.15) is 12.1 Å². The summed E-state index contributed by atoms with van der Waals surface area (Å²) >= 11 is 0. The van der Waals surface area contributed by atoms with Crippen molar-refractivity contribution in [1.82, 2.24) is 15.5 Å². The third-order valence-corrected chi connectivity index (χ3v) is 6.58. The molecular weight excluding hydrogens is 374 g/mol. The van der Waals surface area contributed by atoms with E-state index in [-0.39, 0.29) is 30.9 Å². The highest BCUT2D eigenvalue weighted by atomic mass is 16.5. The molecular formula is C19H25N7O3. The Kier molecular flexibility index (Phi) is 3.81. The number of carbonyl (C=O) groups is 1. The van der Waals surface area contributed by atoms with Crippen molar-refractivity contribution in [1.29, 1.82) is 0 Å². The maximum Gasteiger partial charge on any atom is 0.252 e. The van der Waals surface area contributed by atoms with Crippen LogP contribution in [0.2, 0.25) is 0 Å². The summed E-state index contributed by atoms with van der Waals surface area (Å²) in [5, 5.41) is 28.1. The predicted octanol–water partition coefficient (Wildman–Crippen LogP) is -2.03. The number of carbonyl (C=O) groups excluding carboxylic acids is 1. The molecule has 0 aromatic heterocycles. The smallest absolute Gasteiger partial charge is 0.252 e. The Labute approximate surface area is 167 Å². The van der Waals surface area contributed by atoms with Gasteiger partial charge in [0.15, 0.2) is 17.6 Å². The number of nitrogens with one attached hydrogen (secondary N) is 2. The van der Waals surface area contributed by atoms with E-state index >= 15 is 0 Å². The second-order valence-corrected chi connectivity index (χ2v) is 8.13. The van der Waals surface area contributed by atoms with Gasteiger partial charge in [0.05, 0.1) is 6.54 Å². The Morgan fingerprint density at radius 3 is 2.90 bits per heavy atom. The lowest BCUT2D eigenvalue weighted by molar-refractivity contribution is -0.228. The van der Waals surface area contributed by atoms with Crippen molar-refractivity contribution in [2.75, 3.05) is 13.1 Å². The SMILES string of the molecule is NC1=NC2CN=C(N)N3C[C@H](NC(=O)c4cccc5c4CCCC5)C(O)(O)C23N1. The van der Waals surface area contributed by atoms with Crippen LogP contribution in [0.1, 0.15) is 34.3 Å². The molecule has 0 saturated carbocycles. The molecule has 154 valence electrons. The minimum Gasteiger partial charge on any atom is -0.370 e. The molecule has 0 bridgehead atoms. The molecule has 3 aliphatic heterocycles. The molecule has 1 aromatic carbocycles. The predicted molar refractivity (Wildman–Crippen MR) is 106 cm³/mol. The van der Waals surface area contributed by atoms with Crippen LogP contribution in [0.4, 0.5) is 0 Å². The quantitative estimate of drug-likeness (QED) is 0.313. The van der Waals surface area contributed by atoms with Gasteiger partial charge in [-0.2, -0.15) is 0 Å². The van der Waals surface area contributed by atoms with Gasteiger partial charge >= 0.3 is 0 Å². The van der Waals surface area contributed by atoms with Crippen LogP contribution < -0.4 is 22.1 Å². The lowest BCUT2D eigenvalue weighted by Gasteiger charge is -2.46. The minimum absolute atomic E-state index is 0.0649. The third kappa shape index (κ3) is 2.39. The van der Waals surface area contributed by atoms with Crippen LogP contribution in [-0.2, 0) is 12.8 Å². The van der Waals surface area contributed by atoms with Gasteiger partial charge in [-0.1, -0.05) is 12.1 Å². The largest absolute Gasteiger partial charge is 0.370 e. The molecule has 1 aliphatic carbocycles. The monoisotopic (exact) mass is 399 g/mol. The molecule has 10 nitrogen and oxygen atoms in total. The van der Waals surface area contributed by atoms with Crippen molar-refractivity contribution in [3.63, 3.8) is 0 Å². The number of amides is 1. The summed E-state index contributed by atoms with van der Waals surface area (Å²) in [5.74, 6) is -2.47. The van der Waals surface area contributed by atoms with Gasteiger partial charge in [0.2, 0.25) is 5.79 Å². The molecule has 10 heteroatoms. The van der Waals surface area contributed by atoms with E-state index in [9.17, 15) is 15.0 Å². The van der Waals surface area contributed by atoms with Gasteiger partial charge in [0, 0.05) is 12.1 Å². The fraction of sp³-hybridized carbons (Fsp3) is 0.526. The number of fused-ring (bicyclic) bond motifs is 1. The van der Waals surface area contributed by atoms with Crippen LogP contribution in [0.5, 0.6) is 0 Å². The average molecular weight is 399 g/mol. The van der Waals surface area contributed by atoms with E-state index < -0.39 is 23.5 Å². The zero-order valence-corrected chi connectivity index (χ0v) is 15.9. The van der Waals surface area contributed by atoms with Crippen LogP contribution in [0.3, 0.4) is 0 Å². The molecule has 1 aromatic rings. The lowest BCUT2D eigenvalue weighted by Crippen LogP contribution is -2.76. The van der Waals surface area contributed by atoms with Crippen molar-refractivity contribution in [3.8, 4) is 0 Å². The van der Waals surface area contributed by atoms with Crippen molar-refractivity contribution < 1.29 is 15.0 Å². The summed E-state index contributed by atoms with van der Waals surface area (Å²) in [6.07, 6.45) is 3.95. The molecule has 8 N–H and O–H groups in total. The molecule has 1 amide bonds. The summed E-state index contributed by atoms with van der Waals surface area (Å²) in [6.45, 7) is 0.237. The molecule has 1 fully saturated rings. The Hall–Kier alpha value is -2.85. The van der Waals surface area contributed by atoms with Crippen LogP contribution in [0.25, 0.3) is 0 Å². The van der Waals surface area contributed by atoms with E-state index in [1.807, 2.05) is 12.1 Å². The average Bonchev–Trinajstić information content (AvgIpc) is 3.16. The second kappa shape index (κ2) is 6.07. The highest BCUT2D eigenvalue weighted by Crippen LogP contribution is 2.42. The summed E-state index contributed by atoms with van der Waals surface area (Å²) in [4.78, 5) is 23.1. The second-order valence-electron chi connectivity index (χ2n) is 8.13. The molecule has 29 heavy (non-hydrogen) atoms. The van der Waals surface area contributed by atoms with Gasteiger partial charge in [-0.25, -0.2) is 4.99 Å². The Bertz CT molecular complexity index is 944. The van der Waals surface area contributed by atoms with E-state index in [2.05, 4.69) is 20.6 Å². The zero-order valence-electron chi connectivity index (χ0n) is 15.9. The minimum atomic E-state index is -2.37. The first kappa shape index (κ1) is 18.2. The summed E-state index contributed by atoms with van der Waals surface area (Å²) in [7, 11) is 0. The fourth-order valence-electron chi connectivity index (χ4n) is 5.16. The fourth-order valence-corrected chi connectivity index (χ4v) is 5.16. The van der Waals surface area contributed by atoms with Crippen molar-refractivity contribution in [2.45, 2.75) is 49.2 Å². The Balaban J connectivity index is 1.46. The highest BCUT2D eigenvalue weighted by Gasteiger charge is 2.71. The van der Waals surface area contributed by atoms with E-state index in [0.717, 1.165) is 31.2 Å². The number of hydrogen-bond donors (Lipinski definition) is 6. The van der Waals surface area contributed by atoms with Crippen LogP contribution >= 0.6 is 0 Å². The van der Waals surface area contributed by atoms with Gasteiger partial charge < -0.3 is 37.2 Å². The standard InChI is InChI=1S/C19H25N7O3/c20-16-24-13-8-22-17(21)26-9-14(19(28,29)18(13,26)25-16)23-15(27)12-7-3-5-10-4-1-2-6-11(10)12/h3,5,7,13-14,28-29H,1-2,4,6,8-9H2,(H2,21,22)(H,23,27)(H3,20,24,25)/t13?,14-,18?/m0/s1. The van der Waals surface area contributed by atoms with E-state index in [1.165, 1.54) is 10.5 Å². The molecule has 2 unspecified atom stereocenters. The number of nitrogens with two attached hydrogens (primary N) is 2. The molecule has 0 radical (unpaired) electrons. The first-order chi connectivity index (χ1) is 13.8. The number of aliphatic hydroxyl groups is 2. The van der Waals surface area contributed by atoms with Gasteiger partial charge in [-0.3, -0.25) is 9.79 Å². The van der Waals surface area contributed by atoms with E-state index in [1.54, 1.807) is 6.07 Å². The Morgan fingerprint density at radius 2 is 2.07 bits per heavy atom. The number of hydrogen-bond acceptors (Lipinski definition) is 9. The molecule has 3 heterocycles. The maximum atomic E-state index is 13.1. The number of aryl methyl sites for hydroxylation is 1. The van der Waals surface area contributed by atoms with Gasteiger partial charge in [-0.15, -0.1) is 0 Å². The van der Waals surface area contributed by atoms with E-state index in [0.29, 0.717) is 5.56 Å². The first-order valence-electron chi connectivity index (χ1n) is 9.90. The van der Waals surface area contributed by atoms with Crippen molar-refractivity contribution in [3.05, 3.63) is 34.9 Å². The first-order valence-corrected chi connectivity index (χ1v) is 9.90. The van der Waals surface area contributed by atoms with Gasteiger partial charge in [0.25, 0.3) is 5.91 Å². The number of nitrogens with zero attached hydrogens (tertiary/aromatic N) is 3. The maximum absolute atomic E-state index is 13.1. The number of rotatable bonds is 2. The molecule has 3 atom stereocenters. The van der Waals surface area contributed by atoms with Crippen molar-refractivity contribution in [2.24, 2.45) is 21.5 Å². The van der Waals surface area contributed by atoms with E-state index in [4.69, 9.17) is 11.5 Å². The van der Waals surface area contributed by atoms with Crippen LogP contribution in [-0.4, -0.2) is 69.6 Å². The van der Waals surface area contributed by atoms with Crippen molar-refractivity contribution >= 4 is 17.8 Å². The zero-order chi connectivity index (χ0) is 20.4. The number of aliphatic imine (C=N–C) groups is 2. The number of benzene rings is 1. The van der Waals surface area contributed by atoms with Crippen LogP contribution in [0.15, 0.2) is 28.2 Å². The third-order valence-electron chi connectivity index (χ3n) is 6.58. The summed E-state index contributed by atoms with van der Waals surface area (Å²) in [6, 6.07) is 4.05. The normalized spacial score (nSPS) is 31.7. The lowest BCUT2D eigenvalue weighted by atomic mass is 9.87.